The van der Waals surface area contributed by atoms with Crippen LogP contribution in [0.4, 0.5) is 4.39 Å². The number of pyridine rings is 1. The van der Waals surface area contributed by atoms with Crippen LogP contribution in [-0.2, 0) is 6.61 Å². The molecular formula is C22H19ClFN3O3. The number of hydrogen-bond donors (Lipinski definition) is 1. The molecule has 0 aliphatic carbocycles. The Balaban J connectivity index is 1.67. The molecule has 0 fully saturated rings. The Labute approximate surface area is 178 Å². The Morgan fingerprint density at radius 3 is 2.80 bits per heavy atom. The number of nitrogens with one attached hydrogen (secondary N) is 1. The molecule has 0 saturated carbocycles. The Morgan fingerprint density at radius 1 is 1.17 bits per heavy atom. The van der Waals surface area contributed by atoms with Crippen molar-refractivity contribution in [2.45, 2.75) is 13.5 Å². The highest BCUT2D eigenvalue weighted by Crippen LogP contribution is 2.29. The van der Waals surface area contributed by atoms with Crippen molar-refractivity contribution in [3.63, 3.8) is 0 Å². The Kier molecular flexibility index (Phi) is 7.34. The van der Waals surface area contributed by atoms with Crippen molar-refractivity contribution in [2.75, 3.05) is 6.61 Å². The molecular weight excluding hydrogens is 409 g/mol. The second-order valence-corrected chi connectivity index (χ2v) is 6.46. The topological polar surface area (TPSA) is 72.8 Å². The zero-order valence-electron chi connectivity index (χ0n) is 16.1. The van der Waals surface area contributed by atoms with E-state index in [1.807, 2.05) is 6.92 Å². The SMILES string of the molecule is CCOc1cc(C=NNC(=O)c2cccnc2Cl)ccc1OCc1cccc(F)c1. The fraction of sp³-hybridized carbons (Fsp3) is 0.136. The molecule has 1 N–H and O–H groups in total. The van der Waals surface area contributed by atoms with E-state index < -0.39 is 5.91 Å². The van der Waals surface area contributed by atoms with E-state index in [0.717, 1.165) is 0 Å². The van der Waals surface area contributed by atoms with Crippen LogP contribution >= 0.6 is 11.6 Å². The number of halogens is 2. The van der Waals surface area contributed by atoms with Crippen LogP contribution in [0.3, 0.4) is 0 Å². The normalized spacial score (nSPS) is 10.8. The maximum Gasteiger partial charge on any atom is 0.274 e. The minimum absolute atomic E-state index is 0.101. The highest BCUT2D eigenvalue weighted by molar-refractivity contribution is 6.32. The summed E-state index contributed by atoms with van der Waals surface area (Å²) in [5.74, 6) is 0.246. The Bertz CT molecular complexity index is 1060. The summed E-state index contributed by atoms with van der Waals surface area (Å²) < 4.78 is 24.7. The standard InChI is InChI=1S/C22H19ClFN3O3/c1-2-29-20-12-15(13-26-27-22(28)18-7-4-10-25-21(18)23)8-9-19(20)30-14-16-5-3-6-17(24)11-16/h3-13H,2,14H2,1H3,(H,27,28). The summed E-state index contributed by atoms with van der Waals surface area (Å²) in [7, 11) is 0. The van der Waals surface area contributed by atoms with Crippen molar-refractivity contribution >= 4 is 23.7 Å². The van der Waals surface area contributed by atoms with Crippen molar-refractivity contribution < 1.29 is 18.7 Å². The van der Waals surface area contributed by atoms with Gasteiger partial charge in [-0.15, -0.1) is 0 Å². The Hall–Kier alpha value is -3.45. The molecule has 0 bridgehead atoms. The van der Waals surface area contributed by atoms with Gasteiger partial charge in [0.25, 0.3) is 5.91 Å². The lowest BCUT2D eigenvalue weighted by atomic mass is 10.2. The molecule has 0 atom stereocenters. The molecule has 0 aliphatic rings. The van der Waals surface area contributed by atoms with Crippen molar-refractivity contribution in [1.29, 1.82) is 0 Å². The molecule has 0 aliphatic heterocycles. The molecule has 6 nitrogen and oxygen atoms in total. The average Bonchev–Trinajstić information content (AvgIpc) is 2.74. The number of aromatic nitrogens is 1. The molecule has 1 aromatic heterocycles. The van der Waals surface area contributed by atoms with Gasteiger partial charge < -0.3 is 9.47 Å². The molecule has 3 aromatic rings. The van der Waals surface area contributed by atoms with E-state index >= 15 is 0 Å². The largest absolute Gasteiger partial charge is 0.490 e. The molecule has 0 saturated heterocycles. The van der Waals surface area contributed by atoms with Gasteiger partial charge in [-0.3, -0.25) is 4.79 Å². The summed E-state index contributed by atoms with van der Waals surface area (Å²) in [5.41, 5.74) is 4.03. The fourth-order valence-corrected chi connectivity index (χ4v) is 2.77. The summed E-state index contributed by atoms with van der Waals surface area (Å²) in [4.78, 5) is 16.0. The maximum absolute atomic E-state index is 13.3. The predicted molar refractivity (Wildman–Crippen MR) is 113 cm³/mol. The number of ether oxygens (including phenoxy) is 2. The molecule has 30 heavy (non-hydrogen) atoms. The molecule has 0 spiro atoms. The first-order valence-electron chi connectivity index (χ1n) is 9.15. The number of rotatable bonds is 8. The van der Waals surface area contributed by atoms with Gasteiger partial charge in [0.05, 0.1) is 18.4 Å². The van der Waals surface area contributed by atoms with Crippen molar-refractivity contribution in [3.8, 4) is 11.5 Å². The van der Waals surface area contributed by atoms with Gasteiger partial charge in [-0.1, -0.05) is 23.7 Å². The number of hydrazone groups is 1. The zero-order valence-corrected chi connectivity index (χ0v) is 16.9. The highest BCUT2D eigenvalue weighted by atomic mass is 35.5. The van der Waals surface area contributed by atoms with E-state index in [2.05, 4.69) is 15.5 Å². The third-order valence-electron chi connectivity index (χ3n) is 3.93. The van der Waals surface area contributed by atoms with E-state index in [9.17, 15) is 9.18 Å². The quantitative estimate of drug-likeness (QED) is 0.323. The van der Waals surface area contributed by atoms with Crippen LogP contribution < -0.4 is 14.9 Å². The van der Waals surface area contributed by atoms with Gasteiger partial charge >= 0.3 is 0 Å². The van der Waals surface area contributed by atoms with Gasteiger partial charge in [-0.2, -0.15) is 5.10 Å². The van der Waals surface area contributed by atoms with E-state index in [0.29, 0.717) is 29.2 Å². The number of benzene rings is 2. The number of hydrogen-bond acceptors (Lipinski definition) is 5. The van der Waals surface area contributed by atoms with Crippen molar-refractivity contribution in [3.05, 3.63) is 88.5 Å². The number of carbonyl (C=O) groups excluding carboxylic acids is 1. The number of amides is 1. The predicted octanol–water partition coefficient (Wildman–Crippen LogP) is 4.62. The second kappa shape index (κ2) is 10.4. The molecule has 3 rings (SSSR count). The van der Waals surface area contributed by atoms with Crippen LogP contribution in [0.2, 0.25) is 5.15 Å². The third kappa shape index (κ3) is 5.78. The number of nitrogens with zero attached hydrogens (tertiary/aromatic N) is 2. The van der Waals surface area contributed by atoms with Gasteiger partial charge in [0.2, 0.25) is 0 Å². The molecule has 1 heterocycles. The lowest BCUT2D eigenvalue weighted by Gasteiger charge is -2.12. The van der Waals surface area contributed by atoms with Gasteiger partial charge in [0.1, 0.15) is 17.6 Å². The molecule has 154 valence electrons. The fourth-order valence-electron chi connectivity index (χ4n) is 2.56. The van der Waals surface area contributed by atoms with Crippen LogP contribution in [-0.4, -0.2) is 23.7 Å². The number of carbonyl (C=O) groups is 1. The van der Waals surface area contributed by atoms with Gasteiger partial charge in [0.15, 0.2) is 11.5 Å². The van der Waals surface area contributed by atoms with Gasteiger partial charge in [-0.05, 0) is 60.5 Å². The molecule has 8 heteroatoms. The average molecular weight is 428 g/mol. The summed E-state index contributed by atoms with van der Waals surface area (Å²) in [5, 5.41) is 4.04. The minimum Gasteiger partial charge on any atom is -0.490 e. The second-order valence-electron chi connectivity index (χ2n) is 6.10. The van der Waals surface area contributed by atoms with Crippen molar-refractivity contribution in [2.24, 2.45) is 5.10 Å². The maximum atomic E-state index is 13.3. The first kappa shape index (κ1) is 21.3. The lowest BCUT2D eigenvalue weighted by Crippen LogP contribution is -2.18. The van der Waals surface area contributed by atoms with Gasteiger partial charge in [0, 0.05) is 6.20 Å². The van der Waals surface area contributed by atoms with E-state index in [4.69, 9.17) is 21.1 Å². The first-order chi connectivity index (χ1) is 14.6. The molecule has 2 aromatic carbocycles. The Morgan fingerprint density at radius 2 is 2.03 bits per heavy atom. The van der Waals surface area contributed by atoms with Crippen LogP contribution in [0.15, 0.2) is 65.9 Å². The minimum atomic E-state index is -0.468. The first-order valence-corrected chi connectivity index (χ1v) is 9.52. The van der Waals surface area contributed by atoms with E-state index in [1.165, 1.54) is 24.5 Å². The van der Waals surface area contributed by atoms with Crippen LogP contribution in [0.5, 0.6) is 11.5 Å². The van der Waals surface area contributed by atoms with Crippen LogP contribution in [0.1, 0.15) is 28.4 Å². The molecule has 0 radical (unpaired) electrons. The lowest BCUT2D eigenvalue weighted by molar-refractivity contribution is 0.0955. The van der Waals surface area contributed by atoms with E-state index in [1.54, 1.807) is 42.5 Å². The smallest absolute Gasteiger partial charge is 0.274 e. The molecule has 1 amide bonds. The third-order valence-corrected chi connectivity index (χ3v) is 4.24. The van der Waals surface area contributed by atoms with Crippen LogP contribution in [0.25, 0.3) is 0 Å². The zero-order chi connectivity index (χ0) is 21.3. The van der Waals surface area contributed by atoms with Crippen LogP contribution in [0, 0.1) is 5.82 Å². The summed E-state index contributed by atoms with van der Waals surface area (Å²) in [6, 6.07) is 14.6. The van der Waals surface area contributed by atoms with Crippen molar-refractivity contribution in [1.82, 2.24) is 10.4 Å². The summed E-state index contributed by atoms with van der Waals surface area (Å²) in [6.07, 6.45) is 2.97. The van der Waals surface area contributed by atoms with E-state index in [-0.39, 0.29) is 23.1 Å². The summed E-state index contributed by atoms with van der Waals surface area (Å²) >= 11 is 5.90. The highest BCUT2D eigenvalue weighted by Gasteiger charge is 2.10. The molecule has 0 unspecified atom stereocenters. The summed E-state index contributed by atoms with van der Waals surface area (Å²) in [6.45, 7) is 2.50. The van der Waals surface area contributed by atoms with Gasteiger partial charge in [-0.25, -0.2) is 14.8 Å². The monoisotopic (exact) mass is 427 g/mol.